The van der Waals surface area contributed by atoms with E-state index in [1.165, 1.54) is 36.4 Å². The van der Waals surface area contributed by atoms with E-state index in [1.54, 1.807) is 0 Å². The average molecular weight is 520 g/mol. The molecule has 188 valence electrons. The van der Waals surface area contributed by atoms with E-state index in [-0.39, 0.29) is 34.2 Å². The van der Waals surface area contributed by atoms with E-state index in [0.29, 0.717) is 17.1 Å². The molecule has 0 radical (unpaired) electrons. The highest BCUT2D eigenvalue weighted by Gasteiger charge is 2.36. The Morgan fingerprint density at radius 3 is 2.24 bits per heavy atom. The molecule has 4 aromatic rings. The van der Waals surface area contributed by atoms with Crippen LogP contribution >= 0.6 is 11.5 Å². The fourth-order valence-electron chi connectivity index (χ4n) is 3.68. The number of carbonyl (C=O) groups excluding carboxylic acids is 3. The zero-order valence-electron chi connectivity index (χ0n) is 19.3. The summed E-state index contributed by atoms with van der Waals surface area (Å²) in [5.74, 6) is -2.78. The molecule has 0 fully saturated rings. The summed E-state index contributed by atoms with van der Waals surface area (Å²) in [6, 6.07) is 18.7. The molecule has 0 aliphatic rings. The number of halogens is 1. The van der Waals surface area contributed by atoms with E-state index in [2.05, 4.69) is 9.69 Å². The zero-order chi connectivity index (χ0) is 26.5. The van der Waals surface area contributed by atoms with Crippen molar-refractivity contribution >= 4 is 40.6 Å². The van der Waals surface area contributed by atoms with Crippen molar-refractivity contribution in [3.63, 3.8) is 0 Å². The first-order valence-corrected chi connectivity index (χ1v) is 11.8. The Morgan fingerprint density at radius 1 is 1.00 bits per heavy atom. The molecule has 3 aromatic carbocycles. The minimum Gasteiger partial charge on any atom is -0.508 e. The Labute approximate surface area is 215 Å². The highest BCUT2D eigenvalue weighted by atomic mass is 32.1. The molecular weight excluding hydrogens is 497 g/mol. The summed E-state index contributed by atoms with van der Waals surface area (Å²) in [6.07, 6.45) is 0. The van der Waals surface area contributed by atoms with Gasteiger partial charge in [0.2, 0.25) is 5.91 Å². The van der Waals surface area contributed by atoms with Crippen LogP contribution in [0.2, 0.25) is 0 Å². The highest BCUT2D eigenvalue weighted by Crippen LogP contribution is 2.33. The lowest BCUT2D eigenvalue weighted by atomic mass is 10.0. The maximum atomic E-state index is 13.9. The lowest BCUT2D eigenvalue weighted by Crippen LogP contribution is -2.44. The number of nitrogen functional groups attached to an aromatic ring is 1. The van der Waals surface area contributed by atoms with Gasteiger partial charge in [-0.05, 0) is 59.1 Å². The molecule has 0 bridgehead atoms. The van der Waals surface area contributed by atoms with E-state index in [1.807, 2.05) is 30.3 Å². The molecule has 0 unspecified atom stereocenters. The predicted octanol–water partition coefficient (Wildman–Crippen LogP) is 3.37. The van der Waals surface area contributed by atoms with Crippen molar-refractivity contribution in [3.05, 3.63) is 106 Å². The van der Waals surface area contributed by atoms with Crippen molar-refractivity contribution in [3.8, 4) is 5.75 Å². The predicted molar refractivity (Wildman–Crippen MR) is 137 cm³/mol. The Bertz CT molecular complexity index is 1430. The lowest BCUT2D eigenvalue weighted by molar-refractivity contribution is -0.122. The quantitative estimate of drug-likeness (QED) is 0.280. The van der Waals surface area contributed by atoms with Gasteiger partial charge in [0.05, 0.1) is 5.69 Å². The third-order valence-corrected chi connectivity index (χ3v) is 6.36. The molecule has 0 saturated heterocycles. The van der Waals surface area contributed by atoms with Crippen molar-refractivity contribution in [2.24, 2.45) is 5.73 Å². The van der Waals surface area contributed by atoms with Gasteiger partial charge in [0, 0.05) is 12.2 Å². The molecule has 0 aliphatic heterocycles. The number of carbonyl (C=O) groups is 3. The van der Waals surface area contributed by atoms with E-state index in [4.69, 9.17) is 11.5 Å². The van der Waals surface area contributed by atoms with E-state index >= 15 is 0 Å². The largest absolute Gasteiger partial charge is 0.508 e. The lowest BCUT2D eigenvalue weighted by Gasteiger charge is -2.31. The second-order valence-electron chi connectivity index (χ2n) is 7.99. The Balaban J connectivity index is 1.82. The molecule has 0 spiro atoms. The van der Waals surface area contributed by atoms with Crippen molar-refractivity contribution in [1.29, 1.82) is 0 Å². The zero-order valence-corrected chi connectivity index (χ0v) is 20.1. The molecule has 11 heteroatoms. The molecule has 1 heterocycles. The molecule has 9 nitrogen and oxygen atoms in total. The van der Waals surface area contributed by atoms with E-state index in [9.17, 15) is 23.9 Å². The molecule has 6 N–H and O–H groups in total. The number of nitrogens with two attached hydrogens (primary N) is 2. The first-order valence-electron chi connectivity index (χ1n) is 11.0. The minimum atomic E-state index is -1.26. The number of rotatable bonds is 8. The monoisotopic (exact) mass is 519 g/mol. The molecular formula is C26H22FN5O4S. The Morgan fingerprint density at radius 2 is 1.65 bits per heavy atom. The number of anilines is 2. The van der Waals surface area contributed by atoms with Crippen LogP contribution in [-0.2, 0) is 11.3 Å². The average Bonchev–Trinajstić information content (AvgIpc) is 3.29. The number of phenolic OH excluding ortho intramolecular Hbond substituents is 1. The molecule has 3 amide bonds. The van der Waals surface area contributed by atoms with Gasteiger partial charge in [-0.2, -0.15) is 4.37 Å². The number of aromatic hydroxyl groups is 1. The van der Waals surface area contributed by atoms with Crippen LogP contribution in [-0.4, -0.2) is 27.2 Å². The van der Waals surface area contributed by atoms with Gasteiger partial charge in [-0.1, -0.05) is 42.5 Å². The van der Waals surface area contributed by atoms with Crippen LogP contribution in [0.5, 0.6) is 5.75 Å². The highest BCUT2D eigenvalue weighted by molar-refractivity contribution is 7.09. The SMILES string of the molecule is NC(=O)c1nsc(C(=O)N(c2ccc(F)cc2)[C@H](C(=O)NCc2ccccc2)c2ccc(O)cc2)c1N. The first-order chi connectivity index (χ1) is 17.8. The number of primary amides is 1. The number of nitrogens with one attached hydrogen (secondary N) is 1. The summed E-state index contributed by atoms with van der Waals surface area (Å²) in [7, 11) is 0. The second-order valence-corrected chi connectivity index (χ2v) is 8.76. The van der Waals surface area contributed by atoms with Crippen molar-refractivity contribution in [1.82, 2.24) is 9.69 Å². The smallest absolute Gasteiger partial charge is 0.273 e. The number of nitrogens with zero attached hydrogens (tertiary/aromatic N) is 2. The van der Waals surface area contributed by atoms with Gasteiger partial charge < -0.3 is 21.9 Å². The Kier molecular flexibility index (Phi) is 7.44. The van der Waals surface area contributed by atoms with Crippen molar-refractivity contribution in [2.75, 3.05) is 10.6 Å². The summed E-state index contributed by atoms with van der Waals surface area (Å²) >= 11 is 0.663. The standard InChI is InChI=1S/C26H22FN5O4S/c27-17-8-10-18(11-9-17)32(26(36)23-20(28)21(24(29)34)31-37-23)22(16-6-12-19(33)13-7-16)25(35)30-14-15-4-2-1-3-5-15/h1-13,22,33H,14,28H2,(H2,29,34)(H,30,35)/t22-/m0/s1. The van der Waals surface area contributed by atoms with Gasteiger partial charge in [-0.15, -0.1) is 0 Å². The van der Waals surface area contributed by atoms with Crippen LogP contribution in [0.3, 0.4) is 0 Å². The summed E-state index contributed by atoms with van der Waals surface area (Å²) in [5.41, 5.74) is 12.2. The third-order valence-electron chi connectivity index (χ3n) is 5.50. The molecule has 37 heavy (non-hydrogen) atoms. The van der Waals surface area contributed by atoms with Crippen LogP contribution in [0, 0.1) is 5.82 Å². The number of benzene rings is 3. The maximum Gasteiger partial charge on any atom is 0.273 e. The van der Waals surface area contributed by atoms with Gasteiger partial charge in [0.15, 0.2) is 5.69 Å². The Hall–Kier alpha value is -4.77. The number of amides is 3. The fourth-order valence-corrected chi connectivity index (χ4v) is 4.42. The van der Waals surface area contributed by atoms with Crippen LogP contribution < -0.4 is 21.7 Å². The summed E-state index contributed by atoms with van der Waals surface area (Å²) < 4.78 is 17.7. The van der Waals surface area contributed by atoms with Crippen molar-refractivity contribution in [2.45, 2.75) is 12.6 Å². The summed E-state index contributed by atoms with van der Waals surface area (Å²) in [5, 5.41) is 12.6. The van der Waals surface area contributed by atoms with Crippen LogP contribution in [0.25, 0.3) is 0 Å². The van der Waals surface area contributed by atoms with Crippen LogP contribution in [0.15, 0.2) is 78.9 Å². The number of phenols is 1. The summed E-state index contributed by atoms with van der Waals surface area (Å²) in [6.45, 7) is 0.175. The van der Waals surface area contributed by atoms with E-state index in [0.717, 1.165) is 22.6 Å². The minimum absolute atomic E-state index is 0.0374. The molecule has 0 saturated carbocycles. The number of hydrogen-bond donors (Lipinski definition) is 4. The van der Waals surface area contributed by atoms with E-state index < -0.39 is 29.6 Å². The van der Waals surface area contributed by atoms with Crippen molar-refractivity contribution < 1.29 is 23.9 Å². The van der Waals surface area contributed by atoms with Gasteiger partial charge in [0.1, 0.15) is 22.5 Å². The maximum absolute atomic E-state index is 13.9. The number of aromatic nitrogens is 1. The van der Waals surface area contributed by atoms with Gasteiger partial charge in [-0.3, -0.25) is 19.3 Å². The normalized spacial score (nSPS) is 11.5. The van der Waals surface area contributed by atoms with Crippen LogP contribution in [0.1, 0.15) is 37.3 Å². The molecule has 4 rings (SSSR count). The molecule has 1 aromatic heterocycles. The topological polar surface area (TPSA) is 152 Å². The van der Waals surface area contributed by atoms with Crippen LogP contribution in [0.4, 0.5) is 15.8 Å². The summed E-state index contributed by atoms with van der Waals surface area (Å²) in [4.78, 5) is 40.3. The third kappa shape index (κ3) is 5.57. The second kappa shape index (κ2) is 10.9. The molecule has 1 atom stereocenters. The van der Waals surface area contributed by atoms with Gasteiger partial charge in [0.25, 0.3) is 11.8 Å². The van der Waals surface area contributed by atoms with Gasteiger partial charge in [-0.25, -0.2) is 4.39 Å². The first kappa shape index (κ1) is 25.3. The molecule has 0 aliphatic carbocycles. The number of hydrogen-bond acceptors (Lipinski definition) is 7. The van der Waals surface area contributed by atoms with Gasteiger partial charge >= 0.3 is 0 Å². The fraction of sp³-hybridized carbons (Fsp3) is 0.0769.